The normalized spacial score (nSPS) is 13.2. The number of aliphatic carboxylic acids is 2. The first-order valence-corrected chi connectivity index (χ1v) is 18.5. The van der Waals surface area contributed by atoms with Gasteiger partial charge in [-0.15, -0.1) is 0 Å². The first-order chi connectivity index (χ1) is 22.2. The van der Waals surface area contributed by atoms with Crippen molar-refractivity contribution in [2.45, 2.75) is 63.2 Å². The number of thioether (sulfide) groups is 1. The fourth-order valence-electron chi connectivity index (χ4n) is 3.34. The van der Waals surface area contributed by atoms with E-state index in [1.54, 1.807) is 13.2 Å². The van der Waals surface area contributed by atoms with Gasteiger partial charge in [-0.05, 0) is 25.5 Å². The molecule has 12 N–H and O–H groups in total. The zero-order chi connectivity index (χ0) is 35.8. The second-order valence-electron chi connectivity index (χ2n) is 9.85. The molecule has 0 aromatic carbocycles. The van der Waals surface area contributed by atoms with Crippen LogP contribution in [0.2, 0.25) is 0 Å². The van der Waals surface area contributed by atoms with E-state index in [1.807, 2.05) is 0 Å². The molecule has 47 heavy (non-hydrogen) atoms. The van der Waals surface area contributed by atoms with E-state index >= 15 is 0 Å². The Hall–Kier alpha value is -3.27. The quantitative estimate of drug-likeness (QED) is 0.0313. The van der Waals surface area contributed by atoms with E-state index in [-0.39, 0.29) is 50.9 Å². The Morgan fingerprint density at radius 3 is 1.43 bits per heavy atom. The maximum absolute atomic E-state index is 12.4. The summed E-state index contributed by atoms with van der Waals surface area (Å²) < 4.78 is 0. The second-order valence-corrected chi connectivity index (χ2v) is 13.5. The van der Waals surface area contributed by atoms with Gasteiger partial charge in [-0.1, -0.05) is 28.5 Å². The number of hydrogen-bond donors (Lipinski definition) is 10. The summed E-state index contributed by atoms with van der Waals surface area (Å²) in [4.78, 5) is 94.4. The van der Waals surface area contributed by atoms with Crippen LogP contribution >= 0.6 is 33.3 Å². The van der Waals surface area contributed by atoms with Crippen LogP contribution in [0.25, 0.3) is 0 Å². The molecule has 0 rings (SSSR count). The second kappa shape index (κ2) is 25.8. The highest BCUT2D eigenvalue weighted by Crippen LogP contribution is 2.19. The van der Waals surface area contributed by atoms with Crippen LogP contribution in [0.4, 0.5) is 0 Å². The summed E-state index contributed by atoms with van der Waals surface area (Å²) in [6, 6.07) is -4.15. The molecule has 6 amide bonds. The Morgan fingerprint density at radius 1 is 0.638 bits per heavy atom. The molecule has 18 nitrogen and oxygen atoms in total. The molecule has 4 atom stereocenters. The summed E-state index contributed by atoms with van der Waals surface area (Å²) in [5, 5.41) is 32.8. The monoisotopic (exact) mass is 726 g/mol. The number of carbonyl (C=O) groups is 8. The molecule has 0 aromatic rings. The standard InChI is InChI=1S/C26H46N8O10S3/c1-3-17(33-19(35)6-4-15(27)25(41)42)23(39)31-12-21(37)29-8-10-46-47-11-9-30-22(38)13-32-24(40)18(14-45-2)34-20(36)7-5-16(28)26(43)44/h15-18H,3-14,27-28H2,1-2H3,(H,29,37)(H,30,38)(H,31,39)(H,32,40)(H,33,35)(H,34,36)(H,41,42)(H,43,44). The fourth-order valence-corrected chi connectivity index (χ4v) is 5.73. The summed E-state index contributed by atoms with van der Waals surface area (Å²) in [6.07, 6.45) is 1.53. The Labute approximate surface area is 284 Å². The molecular formula is C26H46N8O10S3. The average molecular weight is 727 g/mol. The van der Waals surface area contributed by atoms with Crippen LogP contribution in [-0.4, -0.2) is 131 Å². The number of carbonyl (C=O) groups excluding carboxylic acids is 6. The average Bonchev–Trinajstić information content (AvgIpc) is 3.03. The number of carboxylic acids is 2. The van der Waals surface area contributed by atoms with E-state index in [9.17, 15) is 38.4 Å². The van der Waals surface area contributed by atoms with Crippen LogP contribution in [0.5, 0.6) is 0 Å². The first-order valence-electron chi connectivity index (χ1n) is 14.6. The van der Waals surface area contributed by atoms with E-state index < -0.39 is 71.5 Å². The predicted octanol–water partition coefficient (Wildman–Crippen LogP) is -3.04. The number of hydrogen-bond acceptors (Lipinski definition) is 13. The van der Waals surface area contributed by atoms with Crippen molar-refractivity contribution >= 4 is 80.7 Å². The molecule has 21 heteroatoms. The third kappa shape index (κ3) is 22.0. The molecule has 0 bridgehead atoms. The molecule has 0 saturated carbocycles. The van der Waals surface area contributed by atoms with Gasteiger partial charge in [0.05, 0.1) is 13.1 Å². The summed E-state index contributed by atoms with van der Waals surface area (Å²) in [5.41, 5.74) is 10.8. The van der Waals surface area contributed by atoms with Gasteiger partial charge in [0, 0.05) is 43.2 Å². The van der Waals surface area contributed by atoms with Crippen LogP contribution in [0.15, 0.2) is 0 Å². The molecule has 0 spiro atoms. The Bertz CT molecular complexity index is 1070. The minimum absolute atomic E-state index is 0.0765. The Balaban J connectivity index is 4.10. The molecule has 0 saturated heterocycles. The first kappa shape index (κ1) is 43.7. The lowest BCUT2D eigenvalue weighted by Gasteiger charge is -2.18. The number of amides is 6. The zero-order valence-electron chi connectivity index (χ0n) is 26.3. The van der Waals surface area contributed by atoms with Crippen LogP contribution < -0.4 is 43.4 Å². The largest absolute Gasteiger partial charge is 0.480 e. The molecule has 0 heterocycles. The van der Waals surface area contributed by atoms with Gasteiger partial charge < -0.3 is 53.6 Å². The fraction of sp³-hybridized carbons (Fsp3) is 0.692. The molecule has 0 aliphatic carbocycles. The molecule has 0 aromatic heterocycles. The highest BCUT2D eigenvalue weighted by Gasteiger charge is 2.23. The van der Waals surface area contributed by atoms with Crippen molar-refractivity contribution in [2.24, 2.45) is 11.5 Å². The number of carboxylic acid groups (broad SMARTS) is 2. The molecule has 0 aliphatic heterocycles. The predicted molar refractivity (Wildman–Crippen MR) is 179 cm³/mol. The van der Waals surface area contributed by atoms with Gasteiger partial charge in [0.2, 0.25) is 35.4 Å². The van der Waals surface area contributed by atoms with Crippen molar-refractivity contribution in [2.75, 3.05) is 49.7 Å². The molecule has 268 valence electrons. The number of nitrogens with two attached hydrogens (primary N) is 2. The zero-order valence-corrected chi connectivity index (χ0v) is 28.8. The van der Waals surface area contributed by atoms with Crippen LogP contribution in [-0.2, 0) is 38.4 Å². The molecule has 0 radical (unpaired) electrons. The minimum Gasteiger partial charge on any atom is -0.480 e. The molecular weight excluding hydrogens is 681 g/mol. The van der Waals surface area contributed by atoms with Crippen molar-refractivity contribution < 1.29 is 48.6 Å². The van der Waals surface area contributed by atoms with E-state index in [1.165, 1.54) is 33.3 Å². The highest BCUT2D eigenvalue weighted by molar-refractivity contribution is 8.76. The highest BCUT2D eigenvalue weighted by atomic mass is 33.1. The van der Waals surface area contributed by atoms with Crippen LogP contribution in [0.3, 0.4) is 0 Å². The Kier molecular flexibility index (Phi) is 24.0. The van der Waals surface area contributed by atoms with Gasteiger partial charge in [0.25, 0.3) is 0 Å². The summed E-state index contributed by atoms with van der Waals surface area (Å²) in [5.74, 6) is -4.10. The van der Waals surface area contributed by atoms with Gasteiger partial charge in [0.1, 0.15) is 24.2 Å². The Morgan fingerprint density at radius 2 is 1.04 bits per heavy atom. The maximum atomic E-state index is 12.4. The van der Waals surface area contributed by atoms with Gasteiger partial charge in [-0.3, -0.25) is 38.4 Å². The van der Waals surface area contributed by atoms with E-state index in [0.717, 1.165) is 0 Å². The third-order valence-corrected chi connectivity index (χ3v) is 9.06. The minimum atomic E-state index is -1.23. The van der Waals surface area contributed by atoms with Crippen molar-refractivity contribution in [3.8, 4) is 0 Å². The number of nitrogens with one attached hydrogen (secondary N) is 6. The lowest BCUT2D eigenvalue weighted by molar-refractivity contribution is -0.140. The molecule has 4 unspecified atom stereocenters. The van der Waals surface area contributed by atoms with Gasteiger partial charge in [0.15, 0.2) is 0 Å². The summed E-state index contributed by atoms with van der Waals surface area (Å²) >= 11 is 1.31. The summed E-state index contributed by atoms with van der Waals surface area (Å²) in [7, 11) is 2.91. The maximum Gasteiger partial charge on any atom is 0.320 e. The lowest BCUT2D eigenvalue weighted by Crippen LogP contribution is -2.50. The third-order valence-electron chi connectivity index (χ3n) is 5.99. The smallest absolute Gasteiger partial charge is 0.320 e. The molecule has 0 fully saturated rings. The SMILES string of the molecule is CCC(NC(=O)CCC(N)C(=O)O)C(=O)NCC(=O)NCCSSCCNC(=O)CNC(=O)C(CSC)NC(=O)CCC(N)C(=O)O. The van der Waals surface area contributed by atoms with E-state index in [4.69, 9.17) is 21.7 Å². The lowest BCUT2D eigenvalue weighted by atomic mass is 10.1. The van der Waals surface area contributed by atoms with E-state index in [2.05, 4.69) is 31.9 Å². The van der Waals surface area contributed by atoms with E-state index in [0.29, 0.717) is 24.6 Å². The van der Waals surface area contributed by atoms with Crippen LogP contribution in [0.1, 0.15) is 39.0 Å². The summed E-state index contributed by atoms with van der Waals surface area (Å²) in [6.45, 7) is 1.73. The van der Waals surface area contributed by atoms with Crippen molar-refractivity contribution in [3.63, 3.8) is 0 Å². The van der Waals surface area contributed by atoms with Crippen molar-refractivity contribution in [3.05, 3.63) is 0 Å². The van der Waals surface area contributed by atoms with Crippen LogP contribution in [0, 0.1) is 0 Å². The van der Waals surface area contributed by atoms with Crippen molar-refractivity contribution in [1.82, 2.24) is 31.9 Å². The van der Waals surface area contributed by atoms with Gasteiger partial charge >= 0.3 is 11.9 Å². The number of rotatable bonds is 26. The van der Waals surface area contributed by atoms with Gasteiger partial charge in [-0.2, -0.15) is 11.8 Å². The topological polar surface area (TPSA) is 301 Å². The van der Waals surface area contributed by atoms with Gasteiger partial charge in [-0.25, -0.2) is 0 Å². The molecule has 0 aliphatic rings. The van der Waals surface area contributed by atoms with Crippen molar-refractivity contribution in [1.29, 1.82) is 0 Å².